The van der Waals surface area contributed by atoms with E-state index in [-0.39, 0.29) is 0 Å². The number of hydroxylamine groups is 1. The molecule has 1 amide bonds. The van der Waals surface area contributed by atoms with E-state index < -0.39 is 6.09 Å². The van der Waals surface area contributed by atoms with Crippen molar-refractivity contribution in [3.05, 3.63) is 29.8 Å². The number of carbonyl (C=O) groups is 1. The summed E-state index contributed by atoms with van der Waals surface area (Å²) >= 11 is 0. The third-order valence-electron chi connectivity index (χ3n) is 1.27. The first-order valence-electron chi connectivity index (χ1n) is 3.39. The zero-order chi connectivity index (χ0) is 8.97. The van der Waals surface area contributed by atoms with E-state index in [1.54, 1.807) is 17.6 Å². The van der Waals surface area contributed by atoms with Crippen LogP contribution in [0, 0.1) is 6.92 Å². The molecule has 1 radical (unpaired) electrons. The monoisotopic (exact) mass is 166 g/mol. The molecule has 0 fully saturated rings. The van der Waals surface area contributed by atoms with E-state index >= 15 is 0 Å². The van der Waals surface area contributed by atoms with Gasteiger partial charge < -0.3 is 4.84 Å². The second-order valence-electron chi connectivity index (χ2n) is 2.30. The lowest BCUT2D eigenvalue weighted by atomic mass is 10.2. The summed E-state index contributed by atoms with van der Waals surface area (Å²) < 4.78 is 0. The fourth-order valence-electron chi connectivity index (χ4n) is 0.707. The summed E-state index contributed by atoms with van der Waals surface area (Å²) in [6, 6.07) is 6.94. The minimum Gasteiger partial charge on any atom is -0.377 e. The summed E-state index contributed by atoms with van der Waals surface area (Å²) in [6.45, 7) is 1.93. The number of benzene rings is 1. The SMILES string of the molecule is Cc1ccc(ONC([O])=O)cc1. The molecular weight excluding hydrogens is 158 g/mol. The predicted octanol–water partition coefficient (Wildman–Crippen LogP) is 1.43. The molecule has 0 atom stereocenters. The van der Waals surface area contributed by atoms with E-state index in [9.17, 15) is 9.90 Å². The van der Waals surface area contributed by atoms with Crippen LogP contribution in [0.3, 0.4) is 0 Å². The first-order valence-corrected chi connectivity index (χ1v) is 3.39. The molecule has 12 heavy (non-hydrogen) atoms. The average Bonchev–Trinajstić information content (AvgIpc) is 2.03. The number of carbonyl (C=O) groups excluding carboxylic acids is 1. The Labute approximate surface area is 69.7 Å². The summed E-state index contributed by atoms with van der Waals surface area (Å²) in [6.07, 6.45) is -1.46. The molecule has 0 aliphatic carbocycles. The van der Waals surface area contributed by atoms with Crippen LogP contribution in [0.2, 0.25) is 0 Å². The maximum Gasteiger partial charge on any atom is 0.482 e. The first-order chi connectivity index (χ1) is 5.68. The van der Waals surface area contributed by atoms with E-state index in [0.29, 0.717) is 5.75 Å². The molecule has 0 heterocycles. The van der Waals surface area contributed by atoms with E-state index in [0.717, 1.165) is 5.56 Å². The van der Waals surface area contributed by atoms with Gasteiger partial charge in [0.2, 0.25) is 0 Å². The number of rotatable bonds is 2. The summed E-state index contributed by atoms with van der Waals surface area (Å²) in [5, 5.41) is 9.89. The van der Waals surface area contributed by atoms with Crippen molar-refractivity contribution in [2.75, 3.05) is 0 Å². The molecule has 0 saturated carbocycles. The van der Waals surface area contributed by atoms with Crippen molar-refractivity contribution in [2.45, 2.75) is 6.92 Å². The molecular formula is C8H8NO3. The molecule has 0 spiro atoms. The van der Waals surface area contributed by atoms with Crippen LogP contribution in [0.25, 0.3) is 0 Å². The quantitative estimate of drug-likeness (QED) is 0.675. The van der Waals surface area contributed by atoms with Gasteiger partial charge in [-0.1, -0.05) is 17.7 Å². The highest BCUT2D eigenvalue weighted by Gasteiger charge is 1.97. The Balaban J connectivity index is 2.53. The van der Waals surface area contributed by atoms with Crippen LogP contribution >= 0.6 is 0 Å². The third-order valence-corrected chi connectivity index (χ3v) is 1.27. The van der Waals surface area contributed by atoms with Crippen LogP contribution in [0.5, 0.6) is 5.75 Å². The average molecular weight is 166 g/mol. The molecule has 0 aliphatic rings. The molecule has 1 aromatic rings. The van der Waals surface area contributed by atoms with Crippen LogP contribution < -0.4 is 10.3 Å². The lowest BCUT2D eigenvalue weighted by Crippen LogP contribution is -2.23. The van der Waals surface area contributed by atoms with Crippen LogP contribution in [-0.4, -0.2) is 6.09 Å². The van der Waals surface area contributed by atoms with E-state index in [1.165, 1.54) is 0 Å². The van der Waals surface area contributed by atoms with Gasteiger partial charge in [-0.25, -0.2) is 9.90 Å². The molecule has 4 nitrogen and oxygen atoms in total. The van der Waals surface area contributed by atoms with E-state index in [4.69, 9.17) is 0 Å². The van der Waals surface area contributed by atoms with Gasteiger partial charge in [-0.05, 0) is 19.1 Å². The van der Waals surface area contributed by atoms with Crippen molar-refractivity contribution in [1.29, 1.82) is 0 Å². The van der Waals surface area contributed by atoms with Gasteiger partial charge in [0.25, 0.3) is 0 Å². The second-order valence-corrected chi connectivity index (χ2v) is 2.30. The van der Waals surface area contributed by atoms with Gasteiger partial charge >= 0.3 is 6.09 Å². The zero-order valence-electron chi connectivity index (χ0n) is 6.53. The van der Waals surface area contributed by atoms with Crippen molar-refractivity contribution in [3.63, 3.8) is 0 Å². The van der Waals surface area contributed by atoms with Crippen LogP contribution in [0.15, 0.2) is 24.3 Å². The smallest absolute Gasteiger partial charge is 0.377 e. The molecule has 0 unspecified atom stereocenters. The molecule has 63 valence electrons. The minimum absolute atomic E-state index is 0.435. The highest BCUT2D eigenvalue weighted by atomic mass is 16.7. The fraction of sp³-hybridized carbons (Fsp3) is 0.125. The maximum absolute atomic E-state index is 9.89. The molecule has 1 aromatic carbocycles. The number of aryl methyl sites for hydroxylation is 1. The molecule has 4 heteroatoms. The van der Waals surface area contributed by atoms with Crippen molar-refractivity contribution in [2.24, 2.45) is 0 Å². The van der Waals surface area contributed by atoms with Gasteiger partial charge in [0.05, 0.1) is 0 Å². The Morgan fingerprint density at radius 2 is 1.92 bits per heavy atom. The van der Waals surface area contributed by atoms with Gasteiger partial charge in [0, 0.05) is 0 Å². The Morgan fingerprint density at radius 1 is 1.33 bits per heavy atom. The van der Waals surface area contributed by atoms with Crippen molar-refractivity contribution in [1.82, 2.24) is 5.48 Å². The topological polar surface area (TPSA) is 58.2 Å². The van der Waals surface area contributed by atoms with Crippen LogP contribution in [-0.2, 0) is 5.11 Å². The van der Waals surface area contributed by atoms with Gasteiger partial charge in [0.1, 0.15) is 0 Å². The number of hydrogen-bond acceptors (Lipinski definition) is 2. The zero-order valence-corrected chi connectivity index (χ0v) is 6.53. The molecule has 0 aromatic heterocycles. The maximum atomic E-state index is 9.89. The Morgan fingerprint density at radius 3 is 2.42 bits per heavy atom. The minimum atomic E-state index is -1.46. The molecule has 0 bridgehead atoms. The standard InChI is InChI=1S/C8H8NO3/c1-6-2-4-7(5-3-6)12-9-8(10)11/h2-5,9H,1H3. The summed E-state index contributed by atoms with van der Waals surface area (Å²) in [4.78, 5) is 14.5. The summed E-state index contributed by atoms with van der Waals surface area (Å²) in [5.74, 6) is 0.435. The van der Waals surface area contributed by atoms with E-state index in [2.05, 4.69) is 4.84 Å². The van der Waals surface area contributed by atoms with Crippen molar-refractivity contribution >= 4 is 6.09 Å². The highest BCUT2D eigenvalue weighted by molar-refractivity contribution is 5.62. The lowest BCUT2D eigenvalue weighted by molar-refractivity contribution is 0.115. The normalized spacial score (nSPS) is 9.08. The molecule has 0 saturated heterocycles. The highest BCUT2D eigenvalue weighted by Crippen LogP contribution is 2.09. The van der Waals surface area contributed by atoms with Gasteiger partial charge in [-0.3, -0.25) is 0 Å². The summed E-state index contributed by atoms with van der Waals surface area (Å²) in [5.41, 5.74) is 2.77. The largest absolute Gasteiger partial charge is 0.482 e. The lowest BCUT2D eigenvalue weighted by Gasteiger charge is -2.01. The Bertz CT molecular complexity index is 268. The number of amides is 1. The first kappa shape index (κ1) is 8.39. The summed E-state index contributed by atoms with van der Waals surface area (Å²) in [7, 11) is 0. The predicted molar refractivity (Wildman–Crippen MR) is 41.0 cm³/mol. The Kier molecular flexibility index (Phi) is 2.53. The van der Waals surface area contributed by atoms with Gasteiger partial charge in [0.15, 0.2) is 5.75 Å². The van der Waals surface area contributed by atoms with Crippen molar-refractivity contribution < 1.29 is 14.7 Å². The van der Waals surface area contributed by atoms with Crippen LogP contribution in [0.1, 0.15) is 5.56 Å². The van der Waals surface area contributed by atoms with Gasteiger partial charge in [-0.2, -0.15) is 5.48 Å². The second kappa shape index (κ2) is 3.61. The molecule has 0 aliphatic heterocycles. The van der Waals surface area contributed by atoms with E-state index in [1.807, 2.05) is 19.1 Å². The third kappa shape index (κ3) is 2.49. The fourth-order valence-corrected chi connectivity index (χ4v) is 0.707. The molecule has 1 rings (SSSR count). The number of hydrogen-bond donors (Lipinski definition) is 1. The van der Waals surface area contributed by atoms with Crippen molar-refractivity contribution in [3.8, 4) is 5.75 Å². The number of nitrogens with one attached hydrogen (secondary N) is 1. The molecule has 1 N–H and O–H groups in total. The Hall–Kier alpha value is -1.71. The van der Waals surface area contributed by atoms with Crippen LogP contribution in [0.4, 0.5) is 4.79 Å². The van der Waals surface area contributed by atoms with Gasteiger partial charge in [-0.15, -0.1) is 0 Å².